The minimum atomic E-state index is -3.49. The Morgan fingerprint density at radius 3 is 2.34 bits per heavy atom. The van der Waals surface area contributed by atoms with E-state index in [2.05, 4.69) is 33.8 Å². The quantitative estimate of drug-likeness (QED) is 0.129. The van der Waals surface area contributed by atoms with E-state index in [0.29, 0.717) is 12.8 Å². The van der Waals surface area contributed by atoms with Crippen LogP contribution in [0.2, 0.25) is 0 Å². The smallest absolute Gasteiger partial charge is 0.315 e. The number of hydrogen-bond acceptors (Lipinski definition) is 7. The molecule has 1 aliphatic heterocycles. The molecule has 5 amide bonds. The average molecular weight is 677 g/mol. The number of terminal acetylenes is 1. The molecule has 47 heavy (non-hydrogen) atoms. The van der Waals surface area contributed by atoms with Gasteiger partial charge in [0.05, 0.1) is 12.3 Å². The summed E-state index contributed by atoms with van der Waals surface area (Å²) in [5, 5.41) is 10.9. The number of likely N-dealkylation sites (N-methyl/N-ethyl adjacent to an activating group) is 1. The van der Waals surface area contributed by atoms with Crippen molar-refractivity contribution in [3.05, 3.63) is 12.7 Å². The Morgan fingerprint density at radius 2 is 1.77 bits per heavy atom. The Bertz CT molecular complexity index is 1400. The molecule has 3 fully saturated rings. The molecule has 0 radical (unpaired) electrons. The van der Waals surface area contributed by atoms with Crippen LogP contribution < -0.4 is 21.3 Å². The molecule has 1 unspecified atom stereocenters. The van der Waals surface area contributed by atoms with Gasteiger partial charge in [0.1, 0.15) is 12.1 Å². The normalized spacial score (nSPS) is 26.2. The lowest BCUT2D eigenvalue weighted by Gasteiger charge is -2.39. The lowest BCUT2D eigenvalue weighted by Crippen LogP contribution is -2.63. The van der Waals surface area contributed by atoms with Gasteiger partial charge in [-0.2, -0.15) is 0 Å². The van der Waals surface area contributed by atoms with Crippen LogP contribution >= 0.6 is 0 Å². The first-order chi connectivity index (χ1) is 21.8. The van der Waals surface area contributed by atoms with Crippen molar-refractivity contribution in [2.24, 2.45) is 22.7 Å². The van der Waals surface area contributed by atoms with Crippen molar-refractivity contribution < 1.29 is 32.4 Å². The molecular weight excluding hydrogens is 624 g/mol. The number of amides is 5. The monoisotopic (exact) mass is 676 g/mol. The van der Waals surface area contributed by atoms with Gasteiger partial charge in [-0.25, -0.2) is 17.5 Å². The molecule has 14 heteroatoms. The SMILES string of the molecule is C#CCCC(NC(=O)[C@@H]1[C@@H]2[C@H](CN1C(=O)[C@@H](NC(=O)N[C@H]1CCCC[C@H]1N(C)S(C)(=O)=O)C(C)(C)C)C2(C)C)C(=O)C(=O)NCC=C. The van der Waals surface area contributed by atoms with Crippen molar-refractivity contribution in [1.82, 2.24) is 30.5 Å². The first-order valence-electron chi connectivity index (χ1n) is 16.2. The van der Waals surface area contributed by atoms with Crippen LogP contribution in [0.5, 0.6) is 0 Å². The van der Waals surface area contributed by atoms with Gasteiger partial charge >= 0.3 is 6.03 Å². The number of sulfonamides is 1. The van der Waals surface area contributed by atoms with Gasteiger partial charge in [0, 0.05) is 38.6 Å². The maximum Gasteiger partial charge on any atom is 0.315 e. The Labute approximate surface area is 279 Å². The maximum absolute atomic E-state index is 14.3. The molecule has 0 aromatic heterocycles. The van der Waals surface area contributed by atoms with Crippen LogP contribution in [0.3, 0.4) is 0 Å². The highest BCUT2D eigenvalue weighted by molar-refractivity contribution is 7.88. The summed E-state index contributed by atoms with van der Waals surface area (Å²) in [7, 11) is -1.99. The lowest BCUT2D eigenvalue weighted by atomic mass is 9.85. The van der Waals surface area contributed by atoms with E-state index in [4.69, 9.17) is 6.42 Å². The summed E-state index contributed by atoms with van der Waals surface area (Å²) >= 11 is 0. The Morgan fingerprint density at radius 1 is 1.13 bits per heavy atom. The van der Waals surface area contributed by atoms with Crippen LogP contribution in [0.4, 0.5) is 4.79 Å². The lowest BCUT2D eigenvalue weighted by molar-refractivity contribution is -0.145. The van der Waals surface area contributed by atoms with Gasteiger partial charge < -0.3 is 26.2 Å². The third kappa shape index (κ3) is 8.73. The van der Waals surface area contributed by atoms with E-state index in [-0.39, 0.29) is 43.2 Å². The van der Waals surface area contributed by atoms with E-state index in [1.165, 1.54) is 22.3 Å². The van der Waals surface area contributed by atoms with Crippen LogP contribution in [0.1, 0.15) is 73.1 Å². The number of piperidine rings is 1. The van der Waals surface area contributed by atoms with E-state index < -0.39 is 75.2 Å². The highest BCUT2D eigenvalue weighted by Gasteiger charge is 2.70. The molecule has 0 aromatic rings. The van der Waals surface area contributed by atoms with Crippen LogP contribution in [-0.2, 0) is 29.2 Å². The molecule has 2 saturated carbocycles. The van der Waals surface area contributed by atoms with E-state index in [9.17, 15) is 32.4 Å². The minimum Gasteiger partial charge on any atom is -0.346 e. The molecule has 262 valence electrons. The maximum atomic E-state index is 14.3. The fourth-order valence-corrected chi connectivity index (χ4v) is 7.84. The second-order valence-corrected chi connectivity index (χ2v) is 16.8. The molecule has 1 heterocycles. The number of rotatable bonds is 13. The predicted octanol–water partition coefficient (Wildman–Crippen LogP) is 1.16. The summed E-state index contributed by atoms with van der Waals surface area (Å²) in [6.07, 6.45) is 11.0. The zero-order valence-electron chi connectivity index (χ0n) is 28.7. The number of fused-ring (bicyclic) bond motifs is 1. The number of nitrogens with zero attached hydrogens (tertiary/aromatic N) is 2. The number of hydrogen-bond donors (Lipinski definition) is 4. The molecule has 13 nitrogen and oxygen atoms in total. The van der Waals surface area contributed by atoms with Crippen LogP contribution in [0, 0.1) is 35.0 Å². The second-order valence-electron chi connectivity index (χ2n) is 14.7. The Kier molecular flexibility index (Phi) is 11.9. The third-order valence-corrected chi connectivity index (χ3v) is 11.3. The van der Waals surface area contributed by atoms with Crippen molar-refractivity contribution in [2.75, 3.05) is 26.4 Å². The highest BCUT2D eigenvalue weighted by Crippen LogP contribution is 2.65. The van der Waals surface area contributed by atoms with Crippen molar-refractivity contribution >= 4 is 39.6 Å². The Balaban J connectivity index is 1.82. The van der Waals surface area contributed by atoms with Crippen LogP contribution in [-0.4, -0.2) is 104 Å². The zero-order valence-corrected chi connectivity index (χ0v) is 29.5. The van der Waals surface area contributed by atoms with Crippen LogP contribution in [0.25, 0.3) is 0 Å². The average Bonchev–Trinajstić information content (AvgIpc) is 3.30. The molecule has 7 atom stereocenters. The van der Waals surface area contributed by atoms with E-state index in [1.807, 2.05) is 34.6 Å². The van der Waals surface area contributed by atoms with Gasteiger partial charge in [0.25, 0.3) is 5.91 Å². The number of ketones is 1. The third-order valence-electron chi connectivity index (χ3n) is 10.0. The summed E-state index contributed by atoms with van der Waals surface area (Å²) in [5.41, 5.74) is -0.996. The number of likely N-dealkylation sites (tertiary alicyclic amines) is 1. The van der Waals surface area contributed by atoms with Crippen molar-refractivity contribution in [2.45, 2.75) is 103 Å². The van der Waals surface area contributed by atoms with Crippen LogP contribution in [0.15, 0.2) is 12.7 Å². The predicted molar refractivity (Wildman–Crippen MR) is 178 cm³/mol. The molecule has 3 rings (SSSR count). The number of nitrogens with one attached hydrogen (secondary N) is 4. The number of carbonyl (C=O) groups is 5. The summed E-state index contributed by atoms with van der Waals surface area (Å²) in [6.45, 7) is 13.4. The van der Waals surface area contributed by atoms with Gasteiger partial charge in [0.2, 0.25) is 27.6 Å². The number of carbonyl (C=O) groups excluding carboxylic acids is 5. The fraction of sp³-hybridized carbons (Fsp3) is 0.727. The topological polar surface area (TPSA) is 174 Å². The first-order valence-corrected chi connectivity index (χ1v) is 18.1. The standard InChI is InChI=1S/C33H52N6O7S/c1-10-12-15-22(26(40)29(42)34-18-11-2)35-28(41)25-24-20(33(24,6)7)19-39(25)30(43)27(32(3,4)5)37-31(44)36-21-16-13-14-17-23(21)38(8)47(9,45)46/h1,11,20-25,27H,2,12-19H2,3-9H3,(H,34,42)(H,35,41)(H2,36,37,44)/t20-,21-,22?,23+,24-,25-,27+/m0/s1. The first kappa shape index (κ1) is 38.0. The van der Waals surface area contributed by atoms with Gasteiger partial charge in [-0.05, 0) is 41.9 Å². The largest absolute Gasteiger partial charge is 0.346 e. The summed E-state index contributed by atoms with van der Waals surface area (Å²) < 4.78 is 25.8. The minimum absolute atomic E-state index is 0.0296. The molecular formula is C33H52N6O7S. The molecule has 4 N–H and O–H groups in total. The van der Waals surface area contributed by atoms with E-state index >= 15 is 0 Å². The van der Waals surface area contributed by atoms with Crippen molar-refractivity contribution in [3.63, 3.8) is 0 Å². The molecule has 3 aliphatic rings. The van der Waals surface area contributed by atoms with Crippen molar-refractivity contribution in [3.8, 4) is 12.3 Å². The number of urea groups is 1. The highest BCUT2D eigenvalue weighted by atomic mass is 32.2. The van der Waals surface area contributed by atoms with E-state index in [1.54, 1.807) is 0 Å². The molecule has 1 saturated heterocycles. The van der Waals surface area contributed by atoms with Gasteiger partial charge in [-0.3, -0.25) is 19.2 Å². The summed E-state index contributed by atoms with van der Waals surface area (Å²) in [6, 6.07) is -4.61. The summed E-state index contributed by atoms with van der Waals surface area (Å²) in [4.78, 5) is 68.5. The molecule has 0 bridgehead atoms. The van der Waals surface area contributed by atoms with Gasteiger partial charge in [-0.15, -0.1) is 18.9 Å². The fourth-order valence-electron chi connectivity index (χ4n) is 7.09. The van der Waals surface area contributed by atoms with E-state index in [0.717, 1.165) is 19.1 Å². The second kappa shape index (κ2) is 14.8. The Hall–Kier alpha value is -3.44. The molecule has 2 aliphatic carbocycles. The molecule has 0 spiro atoms. The number of Topliss-reactive ketones (excluding diaryl/α,β-unsaturated/α-hetero) is 1. The van der Waals surface area contributed by atoms with Gasteiger partial charge in [-0.1, -0.05) is 53.5 Å². The zero-order chi connectivity index (χ0) is 35.5. The summed E-state index contributed by atoms with van der Waals surface area (Å²) in [5.74, 6) is -0.442. The van der Waals surface area contributed by atoms with Crippen molar-refractivity contribution in [1.29, 1.82) is 0 Å². The molecule has 0 aromatic carbocycles. The van der Waals surface area contributed by atoms with Gasteiger partial charge in [0.15, 0.2) is 0 Å².